The van der Waals surface area contributed by atoms with E-state index in [-0.39, 0.29) is 11.8 Å². The number of nitrogens with zero attached hydrogens (tertiary/aromatic N) is 5. The highest BCUT2D eigenvalue weighted by Gasteiger charge is 2.35. The molecule has 4 heterocycles. The number of anilines is 1. The Morgan fingerprint density at radius 3 is 2.38 bits per heavy atom. The minimum atomic E-state index is -2.76. The van der Waals surface area contributed by atoms with Gasteiger partial charge in [0, 0.05) is 75.1 Å². The summed E-state index contributed by atoms with van der Waals surface area (Å²) in [6, 6.07) is 12.8. The number of alkyl halides is 2. The van der Waals surface area contributed by atoms with E-state index in [9.17, 15) is 13.6 Å². The van der Waals surface area contributed by atoms with Crippen LogP contribution in [0, 0.1) is 5.92 Å². The van der Waals surface area contributed by atoms with Crippen molar-refractivity contribution in [3.05, 3.63) is 54.4 Å². The van der Waals surface area contributed by atoms with Gasteiger partial charge in [0.15, 0.2) is 0 Å². The van der Waals surface area contributed by atoms with Gasteiger partial charge in [-0.1, -0.05) is 24.3 Å². The number of likely N-dealkylation sites (tertiary alicyclic amines) is 1. The second kappa shape index (κ2) is 10.8. The largest absolute Gasteiger partial charge is 0.366 e. The molecular formula is C30H37F2N5O2. The third-order valence-corrected chi connectivity index (χ3v) is 8.61. The van der Waals surface area contributed by atoms with Crippen LogP contribution in [0.1, 0.15) is 44.6 Å². The molecule has 0 unspecified atom stereocenters. The van der Waals surface area contributed by atoms with Gasteiger partial charge in [-0.3, -0.25) is 4.79 Å². The van der Waals surface area contributed by atoms with E-state index < -0.39 is 12.7 Å². The molecule has 3 aromatic rings. The van der Waals surface area contributed by atoms with Crippen LogP contribution in [0.5, 0.6) is 0 Å². The number of ether oxygens (including phenoxy) is 1. The molecule has 2 aliphatic heterocycles. The minimum Gasteiger partial charge on any atom is -0.366 e. The van der Waals surface area contributed by atoms with Gasteiger partial charge in [-0.05, 0) is 56.4 Å². The molecule has 2 atom stereocenters. The Bertz CT molecular complexity index is 1300. The molecule has 0 radical (unpaired) electrons. The number of halogens is 2. The van der Waals surface area contributed by atoms with Crippen molar-refractivity contribution < 1.29 is 18.3 Å². The molecular weight excluding hydrogens is 500 g/mol. The highest BCUT2D eigenvalue weighted by atomic mass is 19.3. The topological polar surface area (TPSA) is 53.3 Å². The lowest BCUT2D eigenvalue weighted by Gasteiger charge is -2.40. The van der Waals surface area contributed by atoms with Crippen LogP contribution in [0.15, 0.2) is 48.8 Å². The van der Waals surface area contributed by atoms with Gasteiger partial charge in [0.05, 0.1) is 17.3 Å². The van der Waals surface area contributed by atoms with E-state index in [0.29, 0.717) is 24.9 Å². The fourth-order valence-electron chi connectivity index (χ4n) is 6.14. The van der Waals surface area contributed by atoms with E-state index in [0.717, 1.165) is 73.5 Å². The molecule has 7 nitrogen and oxygen atoms in total. The Morgan fingerprint density at radius 1 is 0.974 bits per heavy atom. The summed E-state index contributed by atoms with van der Waals surface area (Å²) in [5.74, 6) is 0.481. The van der Waals surface area contributed by atoms with E-state index in [1.807, 2.05) is 27.9 Å². The maximum atomic E-state index is 13.1. The standard InChI is InChI=1S/C30H37F2N5O2/c1-20(2)36-12-10-28(39-30(31)32)25(19-36)22-5-3-21(4-6-22)24-17-27-26(9-11-33-37(27)18-24)34-13-15-35(16-14-34)29(38)23-7-8-23/h3-6,9,11,17-18,20,23,25,28,30H,7-8,10,12-16,19H2,1-2H3/t25-,28+/m1/s1. The Hall–Kier alpha value is -3.04. The van der Waals surface area contributed by atoms with E-state index in [4.69, 9.17) is 4.74 Å². The highest BCUT2D eigenvalue weighted by Crippen LogP contribution is 2.35. The third-order valence-electron chi connectivity index (χ3n) is 8.61. The first kappa shape index (κ1) is 26.2. The van der Waals surface area contributed by atoms with Crippen LogP contribution in [0.2, 0.25) is 0 Å². The van der Waals surface area contributed by atoms with Crippen LogP contribution in [0.25, 0.3) is 16.6 Å². The van der Waals surface area contributed by atoms with Gasteiger partial charge in [0.25, 0.3) is 0 Å². The molecule has 1 aromatic carbocycles. The number of carbonyl (C=O) groups is 1. The number of piperidine rings is 1. The van der Waals surface area contributed by atoms with Crippen LogP contribution in [-0.4, -0.2) is 83.3 Å². The average molecular weight is 538 g/mol. The summed E-state index contributed by atoms with van der Waals surface area (Å²) in [5, 5.41) is 4.54. The quantitative estimate of drug-likeness (QED) is 0.431. The number of aromatic nitrogens is 2. The molecule has 2 saturated heterocycles. The van der Waals surface area contributed by atoms with Crippen molar-refractivity contribution >= 4 is 17.1 Å². The molecule has 1 amide bonds. The first-order valence-corrected chi connectivity index (χ1v) is 14.2. The number of amides is 1. The molecule has 3 aliphatic rings. The summed E-state index contributed by atoms with van der Waals surface area (Å²) in [6.45, 7) is 6.12. The van der Waals surface area contributed by atoms with Crippen molar-refractivity contribution in [2.45, 2.75) is 57.8 Å². The normalized spacial score (nSPS) is 22.8. The number of carbonyl (C=O) groups excluding carboxylic acids is 1. The van der Waals surface area contributed by atoms with E-state index in [1.54, 1.807) is 0 Å². The second-order valence-electron chi connectivity index (χ2n) is 11.4. The van der Waals surface area contributed by atoms with Crippen molar-refractivity contribution in [1.82, 2.24) is 19.4 Å². The summed E-state index contributed by atoms with van der Waals surface area (Å²) in [6.07, 6.45) is 6.04. The fraction of sp³-hybridized carbons (Fsp3) is 0.533. The van der Waals surface area contributed by atoms with Crippen molar-refractivity contribution in [1.29, 1.82) is 0 Å². The SMILES string of the molecule is CC(C)N1CC[C@H](OC(F)F)[C@@H](c2ccc(-c3cc4c(N5CCN(C(=O)C6CC6)CC5)ccnn4c3)cc2)C1. The van der Waals surface area contributed by atoms with Gasteiger partial charge in [-0.15, -0.1) is 0 Å². The number of hydrogen-bond acceptors (Lipinski definition) is 5. The number of hydrogen-bond donors (Lipinski definition) is 0. The Morgan fingerprint density at radius 2 is 1.72 bits per heavy atom. The van der Waals surface area contributed by atoms with E-state index in [1.165, 1.54) is 0 Å². The first-order chi connectivity index (χ1) is 18.9. The van der Waals surface area contributed by atoms with Gasteiger partial charge in [-0.25, -0.2) is 4.52 Å². The molecule has 9 heteroatoms. The summed E-state index contributed by atoms with van der Waals surface area (Å²) in [7, 11) is 0. The average Bonchev–Trinajstić information content (AvgIpc) is 3.70. The van der Waals surface area contributed by atoms with Gasteiger partial charge < -0.3 is 19.4 Å². The van der Waals surface area contributed by atoms with Crippen molar-refractivity contribution in [3.8, 4) is 11.1 Å². The predicted octanol–water partition coefficient (Wildman–Crippen LogP) is 4.87. The molecule has 208 valence electrons. The monoisotopic (exact) mass is 537 g/mol. The second-order valence-corrected chi connectivity index (χ2v) is 11.4. The van der Waals surface area contributed by atoms with Crippen LogP contribution in [-0.2, 0) is 9.53 Å². The zero-order chi connectivity index (χ0) is 27.1. The number of piperazine rings is 1. The summed E-state index contributed by atoms with van der Waals surface area (Å²) in [5.41, 5.74) is 5.28. The van der Waals surface area contributed by atoms with Crippen LogP contribution < -0.4 is 4.90 Å². The van der Waals surface area contributed by atoms with Crippen molar-refractivity contribution in [2.24, 2.45) is 5.92 Å². The summed E-state index contributed by atoms with van der Waals surface area (Å²) < 4.78 is 33.2. The van der Waals surface area contributed by atoms with Crippen LogP contribution in [0.4, 0.5) is 14.5 Å². The number of rotatable bonds is 7. The lowest BCUT2D eigenvalue weighted by molar-refractivity contribution is -0.179. The lowest BCUT2D eigenvalue weighted by atomic mass is 9.86. The highest BCUT2D eigenvalue weighted by molar-refractivity contribution is 5.82. The maximum Gasteiger partial charge on any atom is 0.345 e. The minimum absolute atomic E-state index is 0.101. The molecule has 39 heavy (non-hydrogen) atoms. The molecule has 6 rings (SSSR count). The third kappa shape index (κ3) is 5.52. The number of benzene rings is 1. The molecule has 3 fully saturated rings. The zero-order valence-corrected chi connectivity index (χ0v) is 22.7. The molecule has 0 spiro atoms. The first-order valence-electron chi connectivity index (χ1n) is 14.2. The van der Waals surface area contributed by atoms with Gasteiger partial charge >= 0.3 is 6.61 Å². The molecule has 1 aliphatic carbocycles. The summed E-state index contributed by atoms with van der Waals surface area (Å²) in [4.78, 5) is 19.2. The Labute approximate surface area is 228 Å². The maximum absolute atomic E-state index is 13.1. The molecule has 0 N–H and O–H groups in total. The van der Waals surface area contributed by atoms with Crippen LogP contribution in [0.3, 0.4) is 0 Å². The van der Waals surface area contributed by atoms with Gasteiger partial charge in [0.2, 0.25) is 5.91 Å². The fourth-order valence-corrected chi connectivity index (χ4v) is 6.14. The predicted molar refractivity (Wildman–Crippen MR) is 147 cm³/mol. The number of fused-ring (bicyclic) bond motifs is 1. The van der Waals surface area contributed by atoms with Gasteiger partial charge in [0.1, 0.15) is 0 Å². The molecule has 0 bridgehead atoms. The zero-order valence-electron chi connectivity index (χ0n) is 22.7. The molecule has 2 aromatic heterocycles. The lowest BCUT2D eigenvalue weighted by Crippen LogP contribution is -2.49. The van der Waals surface area contributed by atoms with Gasteiger partial charge in [-0.2, -0.15) is 13.9 Å². The molecule has 1 saturated carbocycles. The Balaban J connectivity index is 1.20. The van der Waals surface area contributed by atoms with Crippen LogP contribution >= 0.6 is 0 Å². The van der Waals surface area contributed by atoms with E-state index >= 15 is 0 Å². The van der Waals surface area contributed by atoms with Crippen molar-refractivity contribution in [2.75, 3.05) is 44.2 Å². The van der Waals surface area contributed by atoms with Crippen molar-refractivity contribution in [3.63, 3.8) is 0 Å². The summed E-state index contributed by atoms with van der Waals surface area (Å²) >= 11 is 0. The Kier molecular flexibility index (Phi) is 7.29. The van der Waals surface area contributed by atoms with E-state index in [2.05, 4.69) is 59.1 Å². The smallest absolute Gasteiger partial charge is 0.345 e.